The number of amides is 4. The van der Waals surface area contributed by atoms with Crippen molar-refractivity contribution in [1.82, 2.24) is 32.3 Å². The number of benzene rings is 2. The SMILES string of the molecule is O=C(CNC(=O)c1ccccc1)N[C@H]1CCc2cccc3c2N(C1=O)[C@H](C(=O)NCC1CNNN1)C3. The van der Waals surface area contributed by atoms with Gasteiger partial charge in [-0.3, -0.25) is 24.1 Å². The van der Waals surface area contributed by atoms with Gasteiger partial charge >= 0.3 is 0 Å². The number of para-hydroxylation sites is 1. The van der Waals surface area contributed by atoms with Crippen molar-refractivity contribution in [3.63, 3.8) is 0 Å². The van der Waals surface area contributed by atoms with Gasteiger partial charge < -0.3 is 16.0 Å². The van der Waals surface area contributed by atoms with Crippen LogP contribution in [-0.4, -0.2) is 61.4 Å². The lowest BCUT2D eigenvalue weighted by atomic mass is 10.0. The highest BCUT2D eigenvalue weighted by Gasteiger charge is 2.44. The lowest BCUT2D eigenvalue weighted by Crippen LogP contribution is -2.56. The third-order valence-electron chi connectivity index (χ3n) is 6.73. The molecule has 6 N–H and O–H groups in total. The first-order chi connectivity index (χ1) is 17.5. The van der Waals surface area contributed by atoms with E-state index < -0.39 is 18.0 Å². The Morgan fingerprint density at radius 1 is 1.00 bits per heavy atom. The van der Waals surface area contributed by atoms with Crippen LogP contribution >= 0.6 is 0 Å². The summed E-state index contributed by atoms with van der Waals surface area (Å²) < 4.78 is 0. The minimum absolute atomic E-state index is 0.0336. The van der Waals surface area contributed by atoms with Crippen LogP contribution in [0.1, 0.15) is 27.9 Å². The third-order valence-corrected chi connectivity index (χ3v) is 6.73. The van der Waals surface area contributed by atoms with Crippen LogP contribution in [0.5, 0.6) is 0 Å². The van der Waals surface area contributed by atoms with E-state index in [1.54, 1.807) is 35.2 Å². The molecule has 11 heteroatoms. The summed E-state index contributed by atoms with van der Waals surface area (Å²) in [6.45, 7) is 0.810. The van der Waals surface area contributed by atoms with E-state index in [2.05, 4.69) is 32.3 Å². The van der Waals surface area contributed by atoms with Gasteiger partial charge in [0.1, 0.15) is 12.1 Å². The van der Waals surface area contributed by atoms with E-state index in [0.29, 0.717) is 37.9 Å². The summed E-state index contributed by atoms with van der Waals surface area (Å²) in [6.07, 6.45) is 1.41. The van der Waals surface area contributed by atoms with Crippen LogP contribution < -0.4 is 37.2 Å². The highest BCUT2D eigenvalue weighted by Crippen LogP contribution is 2.39. The Labute approximate surface area is 208 Å². The smallest absolute Gasteiger partial charge is 0.251 e. The largest absolute Gasteiger partial charge is 0.353 e. The summed E-state index contributed by atoms with van der Waals surface area (Å²) in [5.41, 5.74) is 11.9. The molecule has 1 fully saturated rings. The zero-order valence-corrected chi connectivity index (χ0v) is 19.7. The number of hydrogen-bond donors (Lipinski definition) is 6. The third kappa shape index (κ3) is 4.94. The Hall–Kier alpha value is -3.80. The average Bonchev–Trinajstić information content (AvgIpc) is 3.53. The Kier molecular flexibility index (Phi) is 6.94. The molecule has 1 saturated heterocycles. The molecule has 188 valence electrons. The predicted molar refractivity (Wildman–Crippen MR) is 132 cm³/mol. The second-order valence-corrected chi connectivity index (χ2v) is 9.15. The first-order valence-electron chi connectivity index (χ1n) is 12.1. The highest BCUT2D eigenvalue weighted by molar-refractivity contribution is 6.08. The van der Waals surface area contributed by atoms with Gasteiger partial charge in [0.15, 0.2) is 0 Å². The molecule has 0 saturated carbocycles. The van der Waals surface area contributed by atoms with E-state index in [9.17, 15) is 19.2 Å². The molecule has 3 aliphatic rings. The van der Waals surface area contributed by atoms with E-state index in [1.807, 2.05) is 18.2 Å². The minimum atomic E-state index is -0.801. The zero-order chi connectivity index (χ0) is 25.1. The summed E-state index contributed by atoms with van der Waals surface area (Å²) in [6, 6.07) is 13.0. The van der Waals surface area contributed by atoms with E-state index in [1.165, 1.54) is 0 Å². The number of nitrogens with zero attached hydrogens (tertiary/aromatic N) is 1. The van der Waals surface area contributed by atoms with E-state index in [0.717, 1.165) is 16.8 Å². The van der Waals surface area contributed by atoms with Crippen LogP contribution in [0.15, 0.2) is 48.5 Å². The van der Waals surface area contributed by atoms with Crippen molar-refractivity contribution in [2.75, 3.05) is 24.5 Å². The number of hydrazine groups is 2. The Morgan fingerprint density at radius 3 is 2.58 bits per heavy atom. The molecule has 11 nitrogen and oxygen atoms in total. The summed E-state index contributed by atoms with van der Waals surface area (Å²) >= 11 is 0. The molecular weight excluding hydrogens is 462 g/mol. The fraction of sp³-hybridized carbons (Fsp3) is 0.360. The molecule has 3 aliphatic heterocycles. The van der Waals surface area contributed by atoms with Gasteiger partial charge in [-0.15, -0.1) is 0 Å². The van der Waals surface area contributed by atoms with Gasteiger partial charge in [0.25, 0.3) is 5.91 Å². The minimum Gasteiger partial charge on any atom is -0.353 e. The number of carbonyl (C=O) groups excluding carboxylic acids is 4. The van der Waals surface area contributed by atoms with Gasteiger partial charge in [0.05, 0.1) is 18.3 Å². The zero-order valence-electron chi connectivity index (χ0n) is 19.7. The molecule has 0 spiro atoms. The van der Waals surface area contributed by atoms with Crippen molar-refractivity contribution < 1.29 is 19.2 Å². The van der Waals surface area contributed by atoms with Crippen LogP contribution in [0.3, 0.4) is 0 Å². The normalized spacial score (nSPS) is 22.5. The Morgan fingerprint density at radius 2 is 1.81 bits per heavy atom. The molecule has 0 radical (unpaired) electrons. The van der Waals surface area contributed by atoms with Gasteiger partial charge in [-0.1, -0.05) is 36.4 Å². The molecule has 4 amide bonds. The fourth-order valence-corrected chi connectivity index (χ4v) is 4.92. The number of nitrogens with one attached hydrogen (secondary N) is 6. The second-order valence-electron chi connectivity index (χ2n) is 9.15. The fourth-order valence-electron chi connectivity index (χ4n) is 4.92. The summed E-state index contributed by atoms with van der Waals surface area (Å²) in [4.78, 5) is 53.3. The molecule has 1 unspecified atom stereocenters. The van der Waals surface area contributed by atoms with Gasteiger partial charge in [-0.05, 0) is 36.1 Å². The number of aryl methyl sites for hydroxylation is 1. The van der Waals surface area contributed by atoms with Gasteiger partial charge in [0, 0.05) is 25.1 Å². The number of carbonyl (C=O) groups is 4. The average molecular weight is 492 g/mol. The van der Waals surface area contributed by atoms with Crippen LogP contribution in [0.25, 0.3) is 0 Å². The highest BCUT2D eigenvalue weighted by atomic mass is 16.2. The number of hydrogen-bond acceptors (Lipinski definition) is 7. The second kappa shape index (κ2) is 10.4. The van der Waals surface area contributed by atoms with Crippen LogP contribution in [0, 0.1) is 0 Å². The molecular formula is C25H29N7O4. The van der Waals surface area contributed by atoms with Gasteiger partial charge in [0.2, 0.25) is 17.7 Å². The lowest BCUT2D eigenvalue weighted by molar-refractivity contribution is -0.129. The number of rotatable bonds is 7. The summed E-state index contributed by atoms with van der Waals surface area (Å²) in [7, 11) is 0. The number of anilines is 1. The molecule has 36 heavy (non-hydrogen) atoms. The standard InChI is InChI=1S/C25H29N7O4/c33-21(14-27-23(34)16-5-2-1-3-6-16)29-19-10-9-15-7-4-8-17-11-20(32(22(15)17)25(19)36)24(35)26-12-18-13-28-31-30-18/h1-8,18-20,28,30-31H,9-14H2,(H,26,35)(H,27,34)(H,29,33)/t18?,19-,20-/m0/s1. The maximum Gasteiger partial charge on any atom is 0.251 e. The molecule has 2 aromatic carbocycles. The maximum atomic E-state index is 13.7. The van der Waals surface area contributed by atoms with Crippen molar-refractivity contribution in [1.29, 1.82) is 0 Å². The Balaban J connectivity index is 1.26. The van der Waals surface area contributed by atoms with E-state index in [-0.39, 0.29) is 30.3 Å². The van der Waals surface area contributed by atoms with E-state index >= 15 is 0 Å². The molecule has 0 aromatic heterocycles. The van der Waals surface area contributed by atoms with Crippen LogP contribution in [0.2, 0.25) is 0 Å². The quantitative estimate of drug-likeness (QED) is 0.289. The van der Waals surface area contributed by atoms with Crippen molar-refractivity contribution in [3.8, 4) is 0 Å². The van der Waals surface area contributed by atoms with Crippen LogP contribution in [-0.2, 0) is 27.2 Å². The summed E-state index contributed by atoms with van der Waals surface area (Å²) in [5.74, 6) is -1.38. The molecule has 3 atom stereocenters. The van der Waals surface area contributed by atoms with Crippen molar-refractivity contribution in [2.45, 2.75) is 37.4 Å². The topological polar surface area (TPSA) is 144 Å². The predicted octanol–water partition coefficient (Wildman–Crippen LogP) is -1.10. The van der Waals surface area contributed by atoms with Crippen molar-refractivity contribution in [3.05, 3.63) is 65.2 Å². The van der Waals surface area contributed by atoms with Crippen molar-refractivity contribution in [2.24, 2.45) is 0 Å². The molecule has 2 aromatic rings. The monoisotopic (exact) mass is 491 g/mol. The van der Waals surface area contributed by atoms with Crippen molar-refractivity contribution >= 4 is 29.3 Å². The maximum absolute atomic E-state index is 13.7. The summed E-state index contributed by atoms with van der Waals surface area (Å²) in [5, 5.41) is 8.30. The molecule has 0 aliphatic carbocycles. The van der Waals surface area contributed by atoms with Gasteiger partial charge in [-0.25, -0.2) is 10.9 Å². The van der Waals surface area contributed by atoms with Crippen LogP contribution in [0.4, 0.5) is 5.69 Å². The molecule has 3 heterocycles. The first kappa shape index (κ1) is 23.9. The first-order valence-corrected chi connectivity index (χ1v) is 12.1. The van der Waals surface area contributed by atoms with E-state index in [4.69, 9.17) is 0 Å². The molecule has 5 rings (SSSR count). The van der Waals surface area contributed by atoms with Gasteiger partial charge in [-0.2, -0.15) is 5.53 Å². The lowest BCUT2D eigenvalue weighted by Gasteiger charge is -2.28. The Bertz CT molecular complexity index is 1170. The molecule has 0 bridgehead atoms.